The number of halogens is 3. The van der Waals surface area contributed by atoms with E-state index in [1.165, 1.54) is 31.3 Å². The number of benzene rings is 1. The highest BCUT2D eigenvalue weighted by molar-refractivity contribution is 5.94. The van der Waals surface area contributed by atoms with Gasteiger partial charge in [-0.1, -0.05) is 13.0 Å². The minimum Gasteiger partial charge on any atom is -0.439 e. The second-order valence-electron chi connectivity index (χ2n) is 5.47. The molecule has 2 aromatic rings. The summed E-state index contributed by atoms with van der Waals surface area (Å²) in [5.74, 6) is -0.417. The van der Waals surface area contributed by atoms with Gasteiger partial charge in [0.05, 0.1) is 17.9 Å². The smallest absolute Gasteiger partial charge is 0.439 e. The van der Waals surface area contributed by atoms with Crippen molar-refractivity contribution in [2.45, 2.75) is 32.7 Å². The first kappa shape index (κ1) is 19.5. The second-order valence-corrected chi connectivity index (χ2v) is 5.47. The van der Waals surface area contributed by atoms with Crippen molar-refractivity contribution < 1.29 is 27.4 Å². The van der Waals surface area contributed by atoms with Crippen molar-refractivity contribution in [3.05, 3.63) is 42.1 Å². The van der Waals surface area contributed by atoms with Gasteiger partial charge in [-0.15, -0.1) is 13.2 Å². The first-order valence-corrected chi connectivity index (χ1v) is 7.74. The molecule has 0 aliphatic rings. The van der Waals surface area contributed by atoms with Crippen molar-refractivity contribution in [1.82, 2.24) is 4.98 Å². The highest BCUT2D eigenvalue weighted by atomic mass is 19.4. The second kappa shape index (κ2) is 8.05. The summed E-state index contributed by atoms with van der Waals surface area (Å²) < 4.78 is 46.5. The number of aromatic nitrogens is 1. The Hall–Kier alpha value is -2.81. The van der Waals surface area contributed by atoms with Crippen molar-refractivity contribution in [1.29, 1.82) is 0 Å². The molecule has 0 fully saturated rings. The number of amides is 1. The molecule has 1 atom stereocenters. The number of anilines is 1. The minimum atomic E-state index is -4.79. The Morgan fingerprint density at radius 1 is 1.31 bits per heavy atom. The number of hydrogen-bond donors (Lipinski definition) is 2. The van der Waals surface area contributed by atoms with Gasteiger partial charge >= 0.3 is 6.36 Å². The number of nitrogens with one attached hydrogen (secondary N) is 1. The molecule has 0 saturated carbocycles. The van der Waals surface area contributed by atoms with Gasteiger partial charge in [0.1, 0.15) is 11.5 Å². The Labute approximate surface area is 148 Å². The predicted octanol–water partition coefficient (Wildman–Crippen LogP) is 3.76. The minimum absolute atomic E-state index is 0.132. The number of nitrogens with two attached hydrogens (primary N) is 1. The van der Waals surface area contributed by atoms with Crippen molar-refractivity contribution in [2.24, 2.45) is 5.73 Å². The lowest BCUT2D eigenvalue weighted by atomic mass is 10.2. The molecule has 1 heterocycles. The Kier molecular flexibility index (Phi) is 6.04. The van der Waals surface area contributed by atoms with Crippen molar-refractivity contribution in [3.63, 3.8) is 0 Å². The average molecular weight is 369 g/mol. The van der Waals surface area contributed by atoms with Crippen molar-refractivity contribution in [2.75, 3.05) is 5.32 Å². The third-order valence-electron chi connectivity index (χ3n) is 3.39. The lowest BCUT2D eigenvalue weighted by Gasteiger charge is -2.13. The largest absolute Gasteiger partial charge is 0.573 e. The van der Waals surface area contributed by atoms with E-state index in [1.807, 2.05) is 0 Å². The molecule has 3 N–H and O–H groups in total. The molecule has 2 rings (SSSR count). The zero-order chi connectivity index (χ0) is 19.3. The van der Waals surface area contributed by atoms with E-state index in [9.17, 15) is 18.0 Å². The number of carbonyl (C=O) groups excluding carboxylic acids is 1. The van der Waals surface area contributed by atoms with Gasteiger partial charge in [-0.25, -0.2) is 4.98 Å². The Morgan fingerprint density at radius 2 is 2.04 bits per heavy atom. The van der Waals surface area contributed by atoms with Crippen LogP contribution in [0, 0.1) is 6.92 Å². The molecule has 1 unspecified atom stereocenters. The monoisotopic (exact) mass is 369 g/mol. The summed E-state index contributed by atoms with van der Waals surface area (Å²) in [6, 6.07) is 6.46. The van der Waals surface area contributed by atoms with Gasteiger partial charge < -0.3 is 20.5 Å². The normalized spacial score (nSPS) is 12.4. The molecule has 0 bridgehead atoms. The number of aryl methyl sites for hydroxylation is 1. The summed E-state index contributed by atoms with van der Waals surface area (Å²) in [6.45, 7) is 3.28. The number of carbonyl (C=O) groups is 1. The van der Waals surface area contributed by atoms with E-state index in [0.717, 1.165) is 6.07 Å². The molecule has 140 valence electrons. The Bertz CT molecular complexity index is 764. The maximum absolute atomic E-state index is 12.4. The van der Waals surface area contributed by atoms with Gasteiger partial charge in [-0.05, 0) is 31.0 Å². The molecule has 6 nitrogen and oxygen atoms in total. The lowest BCUT2D eigenvalue weighted by Crippen LogP contribution is -2.34. The van der Waals surface area contributed by atoms with E-state index in [4.69, 9.17) is 10.5 Å². The molecule has 0 aliphatic carbocycles. The summed E-state index contributed by atoms with van der Waals surface area (Å²) in [4.78, 5) is 15.7. The molecule has 0 saturated heterocycles. The molecule has 1 aromatic carbocycles. The van der Waals surface area contributed by atoms with Crippen LogP contribution in [-0.2, 0) is 4.79 Å². The summed E-state index contributed by atoms with van der Waals surface area (Å²) in [5, 5.41) is 2.60. The van der Waals surface area contributed by atoms with Gasteiger partial charge in [0.2, 0.25) is 11.8 Å². The van der Waals surface area contributed by atoms with E-state index in [0.29, 0.717) is 17.7 Å². The molecular formula is C17H18F3N3O3. The van der Waals surface area contributed by atoms with Gasteiger partial charge in [0, 0.05) is 12.1 Å². The molecule has 0 radical (unpaired) electrons. The molecule has 1 aromatic heterocycles. The molecule has 0 spiro atoms. The SMILES string of the molecule is CCC(N)C(=O)Nc1ccc(Oc2ccc(C)c(OC(F)(F)F)c2)nc1. The molecule has 0 aliphatic heterocycles. The Morgan fingerprint density at radius 3 is 2.62 bits per heavy atom. The van der Waals surface area contributed by atoms with E-state index < -0.39 is 12.4 Å². The average Bonchev–Trinajstić information content (AvgIpc) is 2.57. The van der Waals surface area contributed by atoms with Gasteiger partial charge in [-0.3, -0.25) is 4.79 Å². The lowest BCUT2D eigenvalue weighted by molar-refractivity contribution is -0.274. The molecular weight excluding hydrogens is 351 g/mol. The topological polar surface area (TPSA) is 86.5 Å². The van der Waals surface area contributed by atoms with Crippen LogP contribution >= 0.6 is 0 Å². The Balaban J connectivity index is 2.07. The quantitative estimate of drug-likeness (QED) is 0.810. The van der Waals surface area contributed by atoms with Crippen molar-refractivity contribution in [3.8, 4) is 17.4 Å². The van der Waals surface area contributed by atoms with Crippen LogP contribution < -0.4 is 20.5 Å². The van der Waals surface area contributed by atoms with Gasteiger partial charge in [0.25, 0.3) is 0 Å². The third kappa shape index (κ3) is 5.62. The fourth-order valence-electron chi connectivity index (χ4n) is 1.93. The fourth-order valence-corrected chi connectivity index (χ4v) is 1.93. The molecule has 1 amide bonds. The van der Waals surface area contributed by atoms with Crippen LogP contribution in [-0.4, -0.2) is 23.3 Å². The number of pyridine rings is 1. The molecule has 26 heavy (non-hydrogen) atoms. The van der Waals surface area contributed by atoms with E-state index in [-0.39, 0.29) is 23.3 Å². The number of ether oxygens (including phenoxy) is 2. The van der Waals surface area contributed by atoms with Crippen LogP contribution in [0.1, 0.15) is 18.9 Å². The highest BCUT2D eigenvalue weighted by Gasteiger charge is 2.31. The van der Waals surface area contributed by atoms with Crippen LogP contribution in [0.5, 0.6) is 17.4 Å². The summed E-state index contributed by atoms with van der Waals surface area (Å²) >= 11 is 0. The number of hydrogen-bond acceptors (Lipinski definition) is 5. The van der Waals surface area contributed by atoms with E-state index in [2.05, 4.69) is 15.0 Å². The van der Waals surface area contributed by atoms with Crippen LogP contribution in [0.15, 0.2) is 36.5 Å². The molecule has 9 heteroatoms. The highest BCUT2D eigenvalue weighted by Crippen LogP contribution is 2.31. The van der Waals surface area contributed by atoms with Gasteiger partial charge in [0.15, 0.2) is 0 Å². The zero-order valence-corrected chi connectivity index (χ0v) is 14.1. The third-order valence-corrected chi connectivity index (χ3v) is 3.39. The maximum atomic E-state index is 12.4. The standard InChI is InChI=1S/C17H18F3N3O3/c1-3-13(21)16(24)23-11-5-7-15(22-9-11)25-12-6-4-10(2)14(8-12)26-17(18,19)20/h4-9,13H,3,21H2,1-2H3,(H,23,24). The fraction of sp³-hybridized carbons (Fsp3) is 0.294. The number of rotatable bonds is 6. The van der Waals surface area contributed by atoms with Gasteiger partial charge in [-0.2, -0.15) is 0 Å². The predicted molar refractivity (Wildman–Crippen MR) is 89.1 cm³/mol. The summed E-state index contributed by atoms with van der Waals surface area (Å²) in [6.07, 6.45) is -2.94. The zero-order valence-electron chi connectivity index (χ0n) is 14.1. The van der Waals surface area contributed by atoms with Crippen molar-refractivity contribution >= 4 is 11.6 Å². The number of alkyl halides is 3. The van der Waals surface area contributed by atoms with E-state index in [1.54, 1.807) is 13.0 Å². The maximum Gasteiger partial charge on any atom is 0.573 e. The van der Waals surface area contributed by atoms with Crippen LogP contribution in [0.2, 0.25) is 0 Å². The first-order valence-electron chi connectivity index (χ1n) is 7.74. The van der Waals surface area contributed by atoms with Crippen LogP contribution in [0.3, 0.4) is 0 Å². The number of nitrogens with zero attached hydrogens (tertiary/aromatic N) is 1. The summed E-state index contributed by atoms with van der Waals surface area (Å²) in [7, 11) is 0. The summed E-state index contributed by atoms with van der Waals surface area (Å²) in [5.41, 5.74) is 6.36. The first-order chi connectivity index (χ1) is 12.2. The van der Waals surface area contributed by atoms with Crippen LogP contribution in [0.4, 0.5) is 18.9 Å². The van der Waals surface area contributed by atoms with Crippen LogP contribution in [0.25, 0.3) is 0 Å². The van der Waals surface area contributed by atoms with E-state index >= 15 is 0 Å².